The number of rotatable bonds is 3. The van der Waals surface area contributed by atoms with Crippen molar-refractivity contribution < 1.29 is 9.53 Å². The van der Waals surface area contributed by atoms with Gasteiger partial charge >= 0.3 is 0 Å². The van der Waals surface area contributed by atoms with Gasteiger partial charge in [-0.3, -0.25) is 9.78 Å². The van der Waals surface area contributed by atoms with Crippen molar-refractivity contribution in [3.05, 3.63) is 24.0 Å². The predicted octanol–water partition coefficient (Wildman–Crippen LogP) is 2.70. The fourth-order valence-corrected chi connectivity index (χ4v) is 2.50. The summed E-state index contributed by atoms with van der Waals surface area (Å²) in [5, 5.41) is 0. The van der Waals surface area contributed by atoms with E-state index in [0.717, 1.165) is 24.2 Å². The molecule has 1 aliphatic heterocycles. The molecule has 1 aromatic heterocycles. The SMILES string of the molecule is Cc1cc(N(C(=O)C2CCC(C)O2)C(C)C)ccn1. The number of amides is 1. The maximum Gasteiger partial charge on any atom is 0.256 e. The van der Waals surface area contributed by atoms with Gasteiger partial charge in [-0.15, -0.1) is 0 Å². The number of anilines is 1. The number of aromatic nitrogens is 1. The van der Waals surface area contributed by atoms with Crippen LogP contribution in [0.15, 0.2) is 18.3 Å². The molecule has 1 fully saturated rings. The third kappa shape index (κ3) is 3.13. The molecule has 0 spiro atoms. The number of carbonyl (C=O) groups is 1. The molecule has 0 radical (unpaired) electrons. The minimum Gasteiger partial charge on any atom is -0.365 e. The summed E-state index contributed by atoms with van der Waals surface area (Å²) in [4.78, 5) is 18.6. The average Bonchev–Trinajstić information content (AvgIpc) is 2.75. The van der Waals surface area contributed by atoms with Gasteiger partial charge in [-0.1, -0.05) is 0 Å². The van der Waals surface area contributed by atoms with E-state index in [1.807, 2.05) is 44.7 Å². The van der Waals surface area contributed by atoms with Gasteiger partial charge < -0.3 is 9.64 Å². The first-order valence-electron chi connectivity index (χ1n) is 6.90. The third-order valence-electron chi connectivity index (χ3n) is 3.42. The lowest BCUT2D eigenvalue weighted by atomic mass is 10.1. The first-order valence-corrected chi connectivity index (χ1v) is 6.90. The molecule has 1 amide bonds. The summed E-state index contributed by atoms with van der Waals surface area (Å²) >= 11 is 0. The summed E-state index contributed by atoms with van der Waals surface area (Å²) < 4.78 is 5.70. The maximum absolute atomic E-state index is 12.6. The fraction of sp³-hybridized carbons (Fsp3) is 0.600. The Morgan fingerprint density at radius 3 is 2.74 bits per heavy atom. The minimum atomic E-state index is -0.300. The first-order chi connectivity index (χ1) is 8.99. The van der Waals surface area contributed by atoms with Gasteiger partial charge in [0, 0.05) is 23.6 Å². The number of aryl methyl sites for hydroxylation is 1. The van der Waals surface area contributed by atoms with E-state index < -0.39 is 0 Å². The summed E-state index contributed by atoms with van der Waals surface area (Å²) in [6.45, 7) is 7.99. The van der Waals surface area contributed by atoms with E-state index in [1.54, 1.807) is 6.20 Å². The maximum atomic E-state index is 12.6. The predicted molar refractivity (Wildman–Crippen MR) is 75.2 cm³/mol. The van der Waals surface area contributed by atoms with Gasteiger partial charge in [0.1, 0.15) is 6.10 Å². The summed E-state index contributed by atoms with van der Waals surface area (Å²) in [5.41, 5.74) is 1.81. The number of carbonyl (C=O) groups excluding carboxylic acids is 1. The number of pyridine rings is 1. The molecule has 19 heavy (non-hydrogen) atoms. The van der Waals surface area contributed by atoms with E-state index in [0.29, 0.717) is 0 Å². The van der Waals surface area contributed by atoms with Gasteiger partial charge in [0.2, 0.25) is 0 Å². The molecule has 104 valence electrons. The highest BCUT2D eigenvalue weighted by Gasteiger charge is 2.33. The molecule has 0 aliphatic carbocycles. The van der Waals surface area contributed by atoms with Crippen molar-refractivity contribution in [2.75, 3.05) is 4.90 Å². The topological polar surface area (TPSA) is 42.4 Å². The summed E-state index contributed by atoms with van der Waals surface area (Å²) in [6.07, 6.45) is 3.39. The molecule has 1 aliphatic rings. The second-order valence-corrected chi connectivity index (χ2v) is 5.47. The molecule has 2 rings (SSSR count). The van der Waals surface area contributed by atoms with Gasteiger partial charge in [0.15, 0.2) is 0 Å². The van der Waals surface area contributed by atoms with Crippen LogP contribution in [0.25, 0.3) is 0 Å². The van der Waals surface area contributed by atoms with Crippen molar-refractivity contribution in [2.24, 2.45) is 0 Å². The van der Waals surface area contributed by atoms with Crippen LogP contribution in [0.5, 0.6) is 0 Å². The van der Waals surface area contributed by atoms with E-state index in [1.165, 1.54) is 0 Å². The van der Waals surface area contributed by atoms with E-state index >= 15 is 0 Å². The molecule has 0 aromatic carbocycles. The van der Waals surface area contributed by atoms with E-state index in [2.05, 4.69) is 4.98 Å². The Balaban J connectivity index is 2.23. The summed E-state index contributed by atoms with van der Waals surface area (Å²) in [5.74, 6) is 0.0601. The zero-order chi connectivity index (χ0) is 14.0. The normalized spacial score (nSPS) is 22.8. The monoisotopic (exact) mass is 262 g/mol. The molecule has 2 atom stereocenters. The second kappa shape index (κ2) is 5.70. The van der Waals surface area contributed by atoms with Gasteiger partial charge in [-0.25, -0.2) is 0 Å². The molecule has 0 saturated carbocycles. The van der Waals surface area contributed by atoms with Crippen LogP contribution >= 0.6 is 0 Å². The highest BCUT2D eigenvalue weighted by Crippen LogP contribution is 2.25. The molecular weight excluding hydrogens is 240 g/mol. The highest BCUT2D eigenvalue weighted by molar-refractivity contribution is 5.97. The minimum absolute atomic E-state index is 0.0601. The average molecular weight is 262 g/mol. The van der Waals surface area contributed by atoms with Crippen molar-refractivity contribution in [1.29, 1.82) is 0 Å². The molecule has 0 N–H and O–H groups in total. The Morgan fingerprint density at radius 1 is 1.47 bits per heavy atom. The van der Waals surface area contributed by atoms with Crippen LogP contribution < -0.4 is 4.90 Å². The van der Waals surface area contributed by atoms with Crippen LogP contribution in [-0.4, -0.2) is 29.1 Å². The zero-order valence-corrected chi connectivity index (χ0v) is 12.1. The summed E-state index contributed by atoms with van der Waals surface area (Å²) in [6, 6.07) is 3.92. The highest BCUT2D eigenvalue weighted by atomic mass is 16.5. The Kier molecular flexibility index (Phi) is 4.20. The van der Waals surface area contributed by atoms with Crippen LogP contribution in [0.2, 0.25) is 0 Å². The third-order valence-corrected chi connectivity index (χ3v) is 3.42. The van der Waals surface area contributed by atoms with E-state index in [-0.39, 0.29) is 24.2 Å². The lowest BCUT2D eigenvalue weighted by Crippen LogP contribution is -2.43. The standard InChI is InChI=1S/C15H22N2O2/c1-10(2)17(13-7-8-16-11(3)9-13)15(18)14-6-5-12(4)19-14/h7-10,12,14H,5-6H2,1-4H3. The molecule has 1 saturated heterocycles. The Hall–Kier alpha value is -1.42. The van der Waals surface area contributed by atoms with Crippen molar-refractivity contribution in [3.63, 3.8) is 0 Å². The van der Waals surface area contributed by atoms with Crippen molar-refractivity contribution in [2.45, 2.75) is 58.8 Å². The molecule has 1 aromatic rings. The van der Waals surface area contributed by atoms with Crippen molar-refractivity contribution in [3.8, 4) is 0 Å². The smallest absolute Gasteiger partial charge is 0.256 e. The first kappa shape index (κ1) is 14.0. The quantitative estimate of drug-likeness (QED) is 0.841. The molecule has 4 nitrogen and oxygen atoms in total. The number of ether oxygens (including phenoxy) is 1. The zero-order valence-electron chi connectivity index (χ0n) is 12.1. The number of nitrogens with zero attached hydrogens (tertiary/aromatic N) is 2. The van der Waals surface area contributed by atoms with Crippen molar-refractivity contribution in [1.82, 2.24) is 4.98 Å². The molecule has 0 bridgehead atoms. The lowest BCUT2D eigenvalue weighted by molar-refractivity contribution is -0.129. The van der Waals surface area contributed by atoms with Crippen LogP contribution in [0, 0.1) is 6.92 Å². The van der Waals surface area contributed by atoms with Crippen LogP contribution in [-0.2, 0) is 9.53 Å². The van der Waals surface area contributed by atoms with Crippen LogP contribution in [0.4, 0.5) is 5.69 Å². The van der Waals surface area contributed by atoms with Gasteiger partial charge in [-0.05, 0) is 52.7 Å². The van der Waals surface area contributed by atoms with Gasteiger partial charge in [0.05, 0.1) is 6.10 Å². The van der Waals surface area contributed by atoms with Gasteiger partial charge in [0.25, 0.3) is 5.91 Å². The molecule has 4 heteroatoms. The number of hydrogen-bond acceptors (Lipinski definition) is 3. The number of hydrogen-bond donors (Lipinski definition) is 0. The van der Waals surface area contributed by atoms with Crippen LogP contribution in [0.1, 0.15) is 39.3 Å². The fourth-order valence-electron chi connectivity index (χ4n) is 2.50. The molecule has 2 heterocycles. The molecular formula is C15H22N2O2. The van der Waals surface area contributed by atoms with E-state index in [9.17, 15) is 4.79 Å². The Bertz CT molecular complexity index is 459. The van der Waals surface area contributed by atoms with E-state index in [4.69, 9.17) is 4.74 Å². The second-order valence-electron chi connectivity index (χ2n) is 5.47. The largest absolute Gasteiger partial charge is 0.365 e. The van der Waals surface area contributed by atoms with Gasteiger partial charge in [-0.2, -0.15) is 0 Å². The van der Waals surface area contributed by atoms with Crippen LogP contribution in [0.3, 0.4) is 0 Å². The van der Waals surface area contributed by atoms with Crippen molar-refractivity contribution >= 4 is 11.6 Å². The lowest BCUT2D eigenvalue weighted by Gasteiger charge is -2.29. The Labute approximate surface area is 114 Å². The Morgan fingerprint density at radius 2 is 2.21 bits per heavy atom. The molecule has 2 unspecified atom stereocenters. The summed E-state index contributed by atoms with van der Waals surface area (Å²) in [7, 11) is 0.